The van der Waals surface area contributed by atoms with Gasteiger partial charge in [0.1, 0.15) is 6.10 Å². The molecule has 0 radical (unpaired) electrons. The van der Waals surface area contributed by atoms with Gasteiger partial charge in [0.05, 0.1) is 6.61 Å². The van der Waals surface area contributed by atoms with E-state index in [9.17, 15) is 4.79 Å². The van der Waals surface area contributed by atoms with Crippen LogP contribution in [0.1, 0.15) is 12.5 Å². The van der Waals surface area contributed by atoms with Crippen molar-refractivity contribution in [2.45, 2.75) is 25.5 Å². The Kier molecular flexibility index (Phi) is 5.36. The molecule has 2 unspecified atom stereocenters. The van der Waals surface area contributed by atoms with E-state index in [0.29, 0.717) is 13.2 Å². The van der Waals surface area contributed by atoms with Crippen LogP contribution >= 0.6 is 15.9 Å². The van der Waals surface area contributed by atoms with Crippen molar-refractivity contribution in [3.63, 3.8) is 0 Å². The summed E-state index contributed by atoms with van der Waals surface area (Å²) >= 11 is 3.45. The Bertz CT molecular complexity index is 433. The highest BCUT2D eigenvalue weighted by Crippen LogP contribution is 2.13. The van der Waals surface area contributed by atoms with E-state index in [1.165, 1.54) is 5.56 Å². The smallest absolute Gasteiger partial charge is 0.250 e. The lowest BCUT2D eigenvalue weighted by molar-refractivity contribution is -0.134. The second-order valence-corrected chi connectivity index (χ2v) is 5.72. The zero-order chi connectivity index (χ0) is 13.7. The molecule has 2 rings (SSSR count). The Labute approximate surface area is 122 Å². The minimum Gasteiger partial charge on any atom is -0.366 e. The van der Waals surface area contributed by atoms with Gasteiger partial charge in [-0.3, -0.25) is 4.79 Å². The number of amides is 1. The number of benzene rings is 1. The lowest BCUT2D eigenvalue weighted by Crippen LogP contribution is -2.50. The van der Waals surface area contributed by atoms with Gasteiger partial charge in [0.15, 0.2) is 0 Å². The molecular formula is C14H19BrN2O2. The Morgan fingerprint density at radius 3 is 3.16 bits per heavy atom. The predicted molar refractivity (Wildman–Crippen MR) is 78.1 cm³/mol. The summed E-state index contributed by atoms with van der Waals surface area (Å²) in [6.07, 6.45) is 0.449. The number of nitrogens with one attached hydrogen (secondary N) is 2. The molecule has 1 aliphatic heterocycles. The van der Waals surface area contributed by atoms with Gasteiger partial charge in [-0.15, -0.1) is 0 Å². The van der Waals surface area contributed by atoms with Crippen molar-refractivity contribution in [3.8, 4) is 0 Å². The van der Waals surface area contributed by atoms with Crippen LogP contribution in [-0.4, -0.2) is 37.7 Å². The Balaban J connectivity index is 1.83. The molecule has 1 aromatic rings. The largest absolute Gasteiger partial charge is 0.366 e. The molecule has 0 bridgehead atoms. The maximum atomic E-state index is 12.0. The van der Waals surface area contributed by atoms with Crippen LogP contribution in [-0.2, 0) is 16.0 Å². The molecule has 1 aromatic carbocycles. The average molecular weight is 327 g/mol. The predicted octanol–water partition coefficient (Wildman–Crippen LogP) is 1.48. The Morgan fingerprint density at radius 1 is 1.63 bits per heavy atom. The molecule has 0 spiro atoms. The van der Waals surface area contributed by atoms with Crippen LogP contribution < -0.4 is 10.6 Å². The van der Waals surface area contributed by atoms with Crippen LogP contribution in [0.15, 0.2) is 28.7 Å². The van der Waals surface area contributed by atoms with E-state index in [1.54, 1.807) is 0 Å². The molecule has 104 valence electrons. The standard InChI is InChI=1S/C14H19BrN2O2/c1-10(7-11-3-2-4-12(15)8-11)17-14(18)13-9-16-5-6-19-13/h2-4,8,10,13,16H,5-7,9H2,1H3,(H,17,18). The van der Waals surface area contributed by atoms with Crippen LogP contribution in [0.25, 0.3) is 0 Å². The van der Waals surface area contributed by atoms with E-state index in [0.717, 1.165) is 17.4 Å². The van der Waals surface area contributed by atoms with Gasteiger partial charge in [0, 0.05) is 23.6 Å². The zero-order valence-electron chi connectivity index (χ0n) is 11.0. The first-order valence-electron chi connectivity index (χ1n) is 6.52. The monoisotopic (exact) mass is 326 g/mol. The lowest BCUT2D eigenvalue weighted by Gasteiger charge is -2.24. The van der Waals surface area contributed by atoms with E-state index in [4.69, 9.17) is 4.74 Å². The number of rotatable bonds is 4. The number of ether oxygens (including phenoxy) is 1. The number of morpholine rings is 1. The Morgan fingerprint density at radius 2 is 2.47 bits per heavy atom. The molecule has 0 aliphatic carbocycles. The van der Waals surface area contributed by atoms with Crippen LogP contribution in [0.2, 0.25) is 0 Å². The Hall–Kier alpha value is -0.910. The van der Waals surface area contributed by atoms with Gasteiger partial charge in [0.25, 0.3) is 5.91 Å². The van der Waals surface area contributed by atoms with Gasteiger partial charge in [-0.05, 0) is 31.0 Å². The summed E-state index contributed by atoms with van der Waals surface area (Å²) in [5.74, 6) is -0.0327. The van der Waals surface area contributed by atoms with Gasteiger partial charge in [-0.25, -0.2) is 0 Å². The minimum atomic E-state index is -0.362. The van der Waals surface area contributed by atoms with Crippen molar-refractivity contribution < 1.29 is 9.53 Å². The number of halogens is 1. The fourth-order valence-electron chi connectivity index (χ4n) is 2.14. The molecule has 1 amide bonds. The molecule has 1 saturated heterocycles. The van der Waals surface area contributed by atoms with E-state index in [2.05, 4.69) is 38.7 Å². The second-order valence-electron chi connectivity index (χ2n) is 4.81. The van der Waals surface area contributed by atoms with Crippen molar-refractivity contribution >= 4 is 21.8 Å². The lowest BCUT2D eigenvalue weighted by atomic mass is 10.1. The SMILES string of the molecule is CC(Cc1cccc(Br)c1)NC(=O)C1CNCCO1. The topological polar surface area (TPSA) is 50.4 Å². The number of carbonyl (C=O) groups is 1. The first-order valence-corrected chi connectivity index (χ1v) is 7.31. The quantitative estimate of drug-likeness (QED) is 0.881. The molecule has 19 heavy (non-hydrogen) atoms. The normalized spacial score (nSPS) is 20.8. The summed E-state index contributed by atoms with van der Waals surface area (Å²) in [6, 6.07) is 8.22. The highest BCUT2D eigenvalue weighted by atomic mass is 79.9. The molecule has 5 heteroatoms. The fourth-order valence-corrected chi connectivity index (χ4v) is 2.58. The average Bonchev–Trinajstić information content (AvgIpc) is 2.39. The third-order valence-corrected chi connectivity index (χ3v) is 3.53. The highest BCUT2D eigenvalue weighted by Gasteiger charge is 2.22. The summed E-state index contributed by atoms with van der Waals surface area (Å²) in [5.41, 5.74) is 1.20. The molecule has 4 nitrogen and oxygen atoms in total. The van der Waals surface area contributed by atoms with Crippen molar-refractivity contribution in [1.29, 1.82) is 0 Å². The molecule has 2 atom stereocenters. The third-order valence-electron chi connectivity index (χ3n) is 3.04. The number of hydrogen-bond acceptors (Lipinski definition) is 3. The minimum absolute atomic E-state index is 0.0327. The first-order chi connectivity index (χ1) is 9.15. The van der Waals surface area contributed by atoms with Crippen LogP contribution in [0.5, 0.6) is 0 Å². The van der Waals surface area contributed by atoms with Gasteiger partial charge in [-0.1, -0.05) is 28.1 Å². The van der Waals surface area contributed by atoms with Gasteiger partial charge < -0.3 is 15.4 Å². The van der Waals surface area contributed by atoms with E-state index >= 15 is 0 Å². The third kappa shape index (κ3) is 4.60. The van der Waals surface area contributed by atoms with Crippen LogP contribution in [0, 0.1) is 0 Å². The van der Waals surface area contributed by atoms with Crippen LogP contribution in [0.3, 0.4) is 0 Å². The first kappa shape index (κ1) is 14.5. The van der Waals surface area contributed by atoms with Gasteiger partial charge in [-0.2, -0.15) is 0 Å². The maximum absolute atomic E-state index is 12.0. The van der Waals surface area contributed by atoms with E-state index in [1.807, 2.05) is 19.1 Å². The maximum Gasteiger partial charge on any atom is 0.250 e. The summed E-state index contributed by atoms with van der Waals surface area (Å²) in [4.78, 5) is 12.0. The highest BCUT2D eigenvalue weighted by molar-refractivity contribution is 9.10. The van der Waals surface area contributed by atoms with Crippen LogP contribution in [0.4, 0.5) is 0 Å². The summed E-state index contributed by atoms with van der Waals surface area (Å²) in [6.45, 7) is 4.01. The van der Waals surface area contributed by atoms with Crippen molar-refractivity contribution in [2.24, 2.45) is 0 Å². The second kappa shape index (κ2) is 7.03. The fraction of sp³-hybridized carbons (Fsp3) is 0.500. The van der Waals surface area contributed by atoms with Crippen molar-refractivity contribution in [2.75, 3.05) is 19.7 Å². The van der Waals surface area contributed by atoms with E-state index in [-0.39, 0.29) is 18.1 Å². The molecule has 0 aromatic heterocycles. The van der Waals surface area contributed by atoms with E-state index < -0.39 is 0 Å². The summed E-state index contributed by atoms with van der Waals surface area (Å²) < 4.78 is 6.49. The number of carbonyl (C=O) groups excluding carboxylic acids is 1. The molecule has 1 heterocycles. The summed E-state index contributed by atoms with van der Waals surface area (Å²) in [5, 5.41) is 6.15. The molecule has 1 fully saturated rings. The van der Waals surface area contributed by atoms with Gasteiger partial charge >= 0.3 is 0 Å². The zero-order valence-corrected chi connectivity index (χ0v) is 12.6. The molecular weight excluding hydrogens is 308 g/mol. The van der Waals surface area contributed by atoms with Crippen molar-refractivity contribution in [1.82, 2.24) is 10.6 Å². The summed E-state index contributed by atoms with van der Waals surface area (Å²) in [7, 11) is 0. The number of hydrogen-bond donors (Lipinski definition) is 2. The van der Waals surface area contributed by atoms with Crippen molar-refractivity contribution in [3.05, 3.63) is 34.3 Å². The molecule has 0 saturated carbocycles. The molecule has 2 N–H and O–H groups in total. The van der Waals surface area contributed by atoms with Gasteiger partial charge in [0.2, 0.25) is 0 Å². The molecule has 1 aliphatic rings.